The number of aliphatic hydroxyl groups is 1. The standard InChI is InChI=1S/C15H21NO5/c1-19-13-2-4-14(5-3-13)21-8-6-15(18)16-7-9-20-11-12(16)10-17/h2-5,12,17H,6-11H2,1H3. The molecule has 1 unspecified atom stereocenters. The van der Waals surface area contributed by atoms with Crippen molar-refractivity contribution in [2.75, 3.05) is 40.1 Å². The lowest BCUT2D eigenvalue weighted by atomic mass is 10.2. The van der Waals surface area contributed by atoms with Gasteiger partial charge in [-0.25, -0.2) is 0 Å². The minimum absolute atomic E-state index is 0.0224. The van der Waals surface area contributed by atoms with Gasteiger partial charge in [0.05, 0.1) is 46.0 Å². The molecule has 6 nitrogen and oxygen atoms in total. The Bertz CT molecular complexity index is 448. The van der Waals surface area contributed by atoms with Gasteiger partial charge in [-0.1, -0.05) is 0 Å². The van der Waals surface area contributed by atoms with Gasteiger partial charge in [0.2, 0.25) is 5.91 Å². The molecule has 0 bridgehead atoms. The zero-order valence-corrected chi connectivity index (χ0v) is 12.2. The van der Waals surface area contributed by atoms with E-state index in [9.17, 15) is 9.90 Å². The number of hydrogen-bond donors (Lipinski definition) is 1. The molecule has 6 heteroatoms. The Kier molecular flexibility index (Phi) is 5.83. The molecule has 0 saturated carbocycles. The number of aliphatic hydroxyl groups excluding tert-OH is 1. The number of methoxy groups -OCH3 is 1. The van der Waals surface area contributed by atoms with E-state index >= 15 is 0 Å². The first-order chi connectivity index (χ1) is 10.2. The Labute approximate surface area is 124 Å². The van der Waals surface area contributed by atoms with Gasteiger partial charge in [0.1, 0.15) is 11.5 Å². The monoisotopic (exact) mass is 295 g/mol. The van der Waals surface area contributed by atoms with Gasteiger partial charge in [-0.05, 0) is 24.3 Å². The molecule has 2 rings (SSSR count). The number of amides is 1. The van der Waals surface area contributed by atoms with Crippen molar-refractivity contribution in [2.24, 2.45) is 0 Å². The molecule has 1 fully saturated rings. The lowest BCUT2D eigenvalue weighted by Crippen LogP contribution is -2.50. The Morgan fingerprint density at radius 2 is 2.10 bits per heavy atom. The summed E-state index contributed by atoms with van der Waals surface area (Å²) >= 11 is 0. The molecule has 1 amide bonds. The summed E-state index contributed by atoms with van der Waals surface area (Å²) in [4.78, 5) is 13.8. The highest BCUT2D eigenvalue weighted by atomic mass is 16.5. The van der Waals surface area contributed by atoms with E-state index in [1.807, 2.05) is 0 Å². The molecule has 1 saturated heterocycles. The van der Waals surface area contributed by atoms with Gasteiger partial charge in [-0.2, -0.15) is 0 Å². The van der Waals surface area contributed by atoms with Crippen molar-refractivity contribution >= 4 is 5.91 Å². The van der Waals surface area contributed by atoms with Crippen LogP contribution < -0.4 is 9.47 Å². The summed E-state index contributed by atoms with van der Waals surface area (Å²) in [5.41, 5.74) is 0. The SMILES string of the molecule is COc1ccc(OCCC(=O)N2CCOCC2CO)cc1. The summed E-state index contributed by atoms with van der Waals surface area (Å²) in [6, 6.07) is 6.97. The summed E-state index contributed by atoms with van der Waals surface area (Å²) in [7, 11) is 1.61. The number of morpholine rings is 1. The normalized spacial score (nSPS) is 18.4. The van der Waals surface area contributed by atoms with Crippen LogP contribution in [0.25, 0.3) is 0 Å². The minimum atomic E-state index is -0.243. The van der Waals surface area contributed by atoms with Crippen LogP contribution >= 0.6 is 0 Å². The van der Waals surface area contributed by atoms with Gasteiger partial charge in [0, 0.05) is 6.54 Å². The second kappa shape index (κ2) is 7.85. The van der Waals surface area contributed by atoms with Gasteiger partial charge in [-0.15, -0.1) is 0 Å². The molecule has 1 aromatic rings. The van der Waals surface area contributed by atoms with E-state index in [2.05, 4.69) is 0 Å². The molecule has 116 valence electrons. The second-order valence-corrected chi connectivity index (χ2v) is 4.77. The van der Waals surface area contributed by atoms with Crippen LogP contribution in [0.3, 0.4) is 0 Å². The highest BCUT2D eigenvalue weighted by molar-refractivity contribution is 5.76. The second-order valence-electron chi connectivity index (χ2n) is 4.77. The molecule has 1 aliphatic rings. The summed E-state index contributed by atoms with van der Waals surface area (Å²) in [6.45, 7) is 1.65. The van der Waals surface area contributed by atoms with Crippen LogP contribution in [0.1, 0.15) is 6.42 Å². The molecule has 21 heavy (non-hydrogen) atoms. The van der Waals surface area contributed by atoms with Gasteiger partial charge < -0.3 is 24.2 Å². The molecular formula is C15H21NO5. The van der Waals surface area contributed by atoms with Crippen molar-refractivity contribution in [3.8, 4) is 11.5 Å². The van der Waals surface area contributed by atoms with E-state index in [1.54, 1.807) is 36.3 Å². The summed E-state index contributed by atoms with van der Waals surface area (Å²) in [6.07, 6.45) is 0.280. The van der Waals surface area contributed by atoms with Crippen molar-refractivity contribution in [2.45, 2.75) is 12.5 Å². The van der Waals surface area contributed by atoms with Crippen molar-refractivity contribution in [3.05, 3.63) is 24.3 Å². The number of benzene rings is 1. The Morgan fingerprint density at radius 1 is 1.38 bits per heavy atom. The molecule has 0 aromatic heterocycles. The molecule has 1 N–H and O–H groups in total. The van der Waals surface area contributed by atoms with E-state index in [0.717, 1.165) is 5.75 Å². The highest BCUT2D eigenvalue weighted by Crippen LogP contribution is 2.17. The van der Waals surface area contributed by atoms with Crippen LogP contribution in [0, 0.1) is 0 Å². The van der Waals surface area contributed by atoms with Crippen LogP contribution in [0.5, 0.6) is 11.5 Å². The summed E-state index contributed by atoms with van der Waals surface area (Å²) in [5, 5.41) is 9.25. The average Bonchev–Trinajstić information content (AvgIpc) is 2.55. The number of carbonyl (C=O) groups is 1. The zero-order valence-electron chi connectivity index (χ0n) is 12.2. The maximum absolute atomic E-state index is 12.1. The van der Waals surface area contributed by atoms with E-state index in [-0.39, 0.29) is 25.0 Å². The lowest BCUT2D eigenvalue weighted by Gasteiger charge is -2.34. The van der Waals surface area contributed by atoms with Crippen molar-refractivity contribution < 1.29 is 24.1 Å². The van der Waals surface area contributed by atoms with Crippen molar-refractivity contribution in [3.63, 3.8) is 0 Å². The average molecular weight is 295 g/mol. The van der Waals surface area contributed by atoms with E-state index in [1.165, 1.54) is 0 Å². The first-order valence-electron chi connectivity index (χ1n) is 6.99. The Balaban J connectivity index is 1.77. The Hall–Kier alpha value is -1.79. The molecular weight excluding hydrogens is 274 g/mol. The molecule has 0 spiro atoms. The number of hydrogen-bond acceptors (Lipinski definition) is 5. The third-order valence-electron chi connectivity index (χ3n) is 3.40. The largest absolute Gasteiger partial charge is 0.497 e. The molecule has 1 atom stereocenters. The molecule has 0 radical (unpaired) electrons. The van der Waals surface area contributed by atoms with Crippen molar-refractivity contribution in [1.29, 1.82) is 0 Å². The van der Waals surface area contributed by atoms with Gasteiger partial charge in [0.25, 0.3) is 0 Å². The molecule has 1 aliphatic heterocycles. The summed E-state index contributed by atoms with van der Waals surface area (Å²) < 4.78 is 15.9. The zero-order chi connectivity index (χ0) is 15.1. The minimum Gasteiger partial charge on any atom is -0.497 e. The van der Waals surface area contributed by atoms with Crippen LogP contribution in [-0.2, 0) is 9.53 Å². The fourth-order valence-electron chi connectivity index (χ4n) is 2.21. The topological polar surface area (TPSA) is 68.2 Å². The van der Waals surface area contributed by atoms with Gasteiger partial charge in [-0.3, -0.25) is 4.79 Å². The fraction of sp³-hybridized carbons (Fsp3) is 0.533. The molecule has 1 heterocycles. The maximum Gasteiger partial charge on any atom is 0.226 e. The van der Waals surface area contributed by atoms with Crippen LogP contribution in [0.15, 0.2) is 24.3 Å². The van der Waals surface area contributed by atoms with E-state index < -0.39 is 0 Å². The lowest BCUT2D eigenvalue weighted by molar-refractivity contribution is -0.142. The predicted octanol–water partition coefficient (Wildman–Crippen LogP) is 0.684. The van der Waals surface area contributed by atoms with Crippen LogP contribution in [0.2, 0.25) is 0 Å². The van der Waals surface area contributed by atoms with Gasteiger partial charge >= 0.3 is 0 Å². The first kappa shape index (κ1) is 15.6. The van der Waals surface area contributed by atoms with Gasteiger partial charge in [0.15, 0.2) is 0 Å². The third-order valence-corrected chi connectivity index (χ3v) is 3.40. The van der Waals surface area contributed by atoms with Crippen molar-refractivity contribution in [1.82, 2.24) is 4.90 Å². The maximum atomic E-state index is 12.1. The van der Waals surface area contributed by atoms with Crippen LogP contribution in [-0.4, -0.2) is 62.0 Å². The van der Waals surface area contributed by atoms with Crippen LogP contribution in [0.4, 0.5) is 0 Å². The Morgan fingerprint density at radius 3 is 2.76 bits per heavy atom. The fourth-order valence-corrected chi connectivity index (χ4v) is 2.21. The number of ether oxygens (including phenoxy) is 3. The van der Waals surface area contributed by atoms with E-state index in [4.69, 9.17) is 14.2 Å². The third kappa shape index (κ3) is 4.34. The smallest absolute Gasteiger partial charge is 0.226 e. The summed E-state index contributed by atoms with van der Waals surface area (Å²) in [5.74, 6) is 1.44. The first-order valence-corrected chi connectivity index (χ1v) is 6.99. The van der Waals surface area contributed by atoms with E-state index in [0.29, 0.717) is 32.1 Å². The number of carbonyl (C=O) groups excluding carboxylic acids is 1. The number of nitrogens with zero attached hydrogens (tertiary/aromatic N) is 1. The highest BCUT2D eigenvalue weighted by Gasteiger charge is 2.26. The predicted molar refractivity (Wildman–Crippen MR) is 76.5 cm³/mol. The molecule has 0 aliphatic carbocycles. The molecule has 1 aromatic carbocycles. The number of rotatable bonds is 6. The quantitative estimate of drug-likeness (QED) is 0.836.